The fourth-order valence-corrected chi connectivity index (χ4v) is 6.02. The second-order valence-corrected chi connectivity index (χ2v) is 10.9. The molecule has 4 N–H and O–H groups in total. The van der Waals surface area contributed by atoms with Gasteiger partial charge in [-0.15, -0.1) is 0 Å². The predicted molar refractivity (Wildman–Crippen MR) is 125 cm³/mol. The van der Waals surface area contributed by atoms with Crippen molar-refractivity contribution < 1.29 is 39.2 Å². The highest BCUT2D eigenvalue weighted by Crippen LogP contribution is 2.33. The Balaban J connectivity index is 1.27. The van der Waals surface area contributed by atoms with Crippen LogP contribution in [0.5, 0.6) is 0 Å². The molecule has 0 aromatic carbocycles. The van der Waals surface area contributed by atoms with Crippen molar-refractivity contribution in [2.75, 3.05) is 46.3 Å². The van der Waals surface area contributed by atoms with E-state index in [9.17, 15) is 30.8 Å². The Morgan fingerprint density at radius 1 is 0.629 bits per heavy atom. The number of ether oxygens (including phenoxy) is 2. The van der Waals surface area contributed by atoms with Crippen molar-refractivity contribution in [1.82, 2.24) is 9.80 Å². The van der Waals surface area contributed by atoms with Crippen LogP contribution in [0.3, 0.4) is 0 Å². The van der Waals surface area contributed by atoms with Gasteiger partial charge in [0, 0.05) is 13.1 Å². The average Bonchev–Trinajstić information content (AvgIpc) is 3.19. The molecule has 2 aliphatic heterocycles. The molecule has 0 aromatic rings. The molecule has 0 spiro atoms. The number of rotatable bonds is 10. The SMILES string of the molecule is [O-][N+]1(C[N+]2([O-])CN(CCOC3CCCCC3)C(O)C2O)CN(CCOC2CCCCC2)C(O)C1O. The smallest absolute Gasteiger partial charge is 0.236 e. The summed E-state index contributed by atoms with van der Waals surface area (Å²) in [6.07, 6.45) is 5.01. The number of nitrogens with zero attached hydrogens (tertiary/aromatic N) is 4. The van der Waals surface area contributed by atoms with Crippen molar-refractivity contribution in [3.05, 3.63) is 10.4 Å². The van der Waals surface area contributed by atoms with Gasteiger partial charge in [0.1, 0.15) is 13.3 Å². The molecule has 204 valence electrons. The van der Waals surface area contributed by atoms with Crippen LogP contribution in [0.2, 0.25) is 0 Å². The van der Waals surface area contributed by atoms with Gasteiger partial charge >= 0.3 is 0 Å². The molecular formula is C23H44N4O8. The van der Waals surface area contributed by atoms with Crippen LogP contribution in [0.15, 0.2) is 0 Å². The van der Waals surface area contributed by atoms with Gasteiger partial charge in [-0.05, 0) is 25.7 Å². The lowest BCUT2D eigenvalue weighted by molar-refractivity contribution is -1.09. The van der Waals surface area contributed by atoms with E-state index in [4.69, 9.17) is 9.47 Å². The Morgan fingerprint density at radius 3 is 1.37 bits per heavy atom. The summed E-state index contributed by atoms with van der Waals surface area (Å²) in [4.78, 5) is 2.84. The molecule has 2 aliphatic carbocycles. The monoisotopic (exact) mass is 504 g/mol. The first-order chi connectivity index (χ1) is 16.7. The number of quaternary nitrogens is 2. The normalized spacial score (nSPS) is 40.6. The highest BCUT2D eigenvalue weighted by Gasteiger charge is 2.54. The maximum Gasteiger partial charge on any atom is 0.236 e. The van der Waals surface area contributed by atoms with Crippen LogP contribution in [-0.2, 0) is 9.47 Å². The second kappa shape index (κ2) is 11.9. The van der Waals surface area contributed by atoms with Crippen LogP contribution in [0, 0.1) is 10.4 Å². The summed E-state index contributed by atoms with van der Waals surface area (Å²) in [5, 5.41) is 68.8. The molecule has 0 amide bonds. The molecule has 2 saturated heterocycles. The number of hydrogen-bond acceptors (Lipinski definition) is 10. The van der Waals surface area contributed by atoms with Crippen LogP contribution in [0.4, 0.5) is 0 Å². The molecule has 6 unspecified atom stereocenters. The minimum absolute atomic E-state index is 0.185. The number of hydrogen-bond donors (Lipinski definition) is 4. The molecule has 12 nitrogen and oxygen atoms in total. The third-order valence-corrected chi connectivity index (χ3v) is 8.14. The highest BCUT2D eigenvalue weighted by atomic mass is 16.6. The summed E-state index contributed by atoms with van der Waals surface area (Å²) >= 11 is 0. The van der Waals surface area contributed by atoms with E-state index in [1.54, 1.807) is 0 Å². The molecule has 4 fully saturated rings. The summed E-state index contributed by atoms with van der Waals surface area (Å²) in [6, 6.07) is 0. The van der Waals surface area contributed by atoms with Crippen molar-refractivity contribution >= 4 is 0 Å². The van der Waals surface area contributed by atoms with Crippen LogP contribution >= 0.6 is 0 Å². The standard InChI is InChI=1S/C23H44N4O8/c28-20-22(30)26(32,15-24(20)11-13-34-18-7-3-1-4-8-18)17-27(33)16-25(21(29)23(27)31)12-14-35-19-9-5-2-6-10-19/h18-23,28-31H,1-17H2. The van der Waals surface area contributed by atoms with E-state index in [1.165, 1.54) is 22.6 Å². The van der Waals surface area contributed by atoms with Crippen molar-refractivity contribution in [1.29, 1.82) is 0 Å². The summed E-state index contributed by atoms with van der Waals surface area (Å²) in [5.74, 6) is 0. The topological polar surface area (TPSA) is 152 Å². The number of aliphatic hydroxyl groups excluding tert-OH is 4. The van der Waals surface area contributed by atoms with Gasteiger partial charge in [-0.25, -0.2) is 9.80 Å². The van der Waals surface area contributed by atoms with Crippen LogP contribution in [-0.4, -0.2) is 123 Å². The zero-order valence-corrected chi connectivity index (χ0v) is 20.7. The van der Waals surface area contributed by atoms with Crippen LogP contribution < -0.4 is 0 Å². The lowest BCUT2D eigenvalue weighted by Gasteiger charge is -2.49. The molecule has 4 aliphatic rings. The third kappa shape index (κ3) is 6.51. The zero-order chi connectivity index (χ0) is 25.1. The Bertz CT molecular complexity index is 613. The molecular weight excluding hydrogens is 460 g/mol. The quantitative estimate of drug-likeness (QED) is 0.238. The van der Waals surface area contributed by atoms with Crippen LogP contribution in [0.1, 0.15) is 64.2 Å². The largest absolute Gasteiger partial charge is 0.626 e. The van der Waals surface area contributed by atoms with E-state index < -0.39 is 40.9 Å². The molecule has 35 heavy (non-hydrogen) atoms. The molecule has 0 bridgehead atoms. The molecule has 12 heteroatoms. The zero-order valence-electron chi connectivity index (χ0n) is 20.7. The van der Waals surface area contributed by atoms with Crippen molar-refractivity contribution in [3.63, 3.8) is 0 Å². The van der Waals surface area contributed by atoms with Crippen molar-refractivity contribution in [2.24, 2.45) is 0 Å². The maximum absolute atomic E-state index is 13.5. The Kier molecular flexibility index (Phi) is 9.39. The second-order valence-electron chi connectivity index (χ2n) is 10.9. The Hall–Kier alpha value is -0.480. The van der Waals surface area contributed by atoms with Gasteiger partial charge in [0.2, 0.25) is 19.1 Å². The van der Waals surface area contributed by atoms with Gasteiger partial charge in [0.25, 0.3) is 0 Å². The predicted octanol–water partition coefficient (Wildman–Crippen LogP) is 0.0915. The third-order valence-electron chi connectivity index (χ3n) is 8.14. The summed E-state index contributed by atoms with van der Waals surface area (Å²) < 4.78 is 8.98. The lowest BCUT2D eigenvalue weighted by Crippen LogP contribution is -2.63. The molecule has 0 aromatic heterocycles. The van der Waals surface area contributed by atoms with Gasteiger partial charge in [-0.2, -0.15) is 0 Å². The first-order valence-electron chi connectivity index (χ1n) is 13.3. The Morgan fingerprint density at radius 2 is 1.00 bits per heavy atom. The van der Waals surface area contributed by atoms with E-state index in [0.29, 0.717) is 13.2 Å². The van der Waals surface area contributed by atoms with Gasteiger partial charge < -0.3 is 40.3 Å². The van der Waals surface area contributed by atoms with Gasteiger partial charge in [0.15, 0.2) is 12.5 Å². The summed E-state index contributed by atoms with van der Waals surface area (Å²) in [5.41, 5.74) is 0. The molecule has 4 rings (SSSR count). The van der Waals surface area contributed by atoms with Gasteiger partial charge in [0.05, 0.1) is 25.4 Å². The average molecular weight is 505 g/mol. The van der Waals surface area contributed by atoms with Crippen LogP contribution in [0.25, 0.3) is 0 Å². The molecule has 0 radical (unpaired) electrons. The fourth-order valence-electron chi connectivity index (χ4n) is 6.02. The molecule has 2 saturated carbocycles. The first-order valence-corrected chi connectivity index (χ1v) is 13.3. The van der Waals surface area contributed by atoms with E-state index in [0.717, 1.165) is 51.4 Å². The minimum Gasteiger partial charge on any atom is -0.626 e. The minimum atomic E-state index is -1.75. The van der Waals surface area contributed by atoms with Crippen molar-refractivity contribution in [2.45, 2.75) is 101 Å². The summed E-state index contributed by atoms with van der Waals surface area (Å²) in [7, 11) is 0. The van der Waals surface area contributed by atoms with E-state index >= 15 is 0 Å². The molecule has 2 heterocycles. The number of hydroxylamine groups is 6. The van der Waals surface area contributed by atoms with Gasteiger partial charge in [-0.3, -0.25) is 9.29 Å². The first kappa shape index (κ1) is 27.6. The highest BCUT2D eigenvalue weighted by molar-refractivity contribution is 4.75. The van der Waals surface area contributed by atoms with E-state index in [-0.39, 0.29) is 38.6 Å². The molecule has 6 atom stereocenters. The van der Waals surface area contributed by atoms with Gasteiger partial charge in [-0.1, -0.05) is 38.5 Å². The van der Waals surface area contributed by atoms with Crippen molar-refractivity contribution in [3.8, 4) is 0 Å². The van der Waals surface area contributed by atoms with E-state index in [1.807, 2.05) is 0 Å². The number of aliphatic hydroxyl groups is 4. The van der Waals surface area contributed by atoms with E-state index in [2.05, 4.69) is 0 Å². The fraction of sp³-hybridized carbons (Fsp3) is 1.00. The lowest BCUT2D eigenvalue weighted by atomic mass is 9.98. The Labute approximate surface area is 207 Å². The summed E-state index contributed by atoms with van der Waals surface area (Å²) in [6.45, 7) is -0.171. The maximum atomic E-state index is 13.5.